The van der Waals surface area contributed by atoms with Gasteiger partial charge in [0.2, 0.25) is 0 Å². The van der Waals surface area contributed by atoms with Gasteiger partial charge < -0.3 is 0 Å². The van der Waals surface area contributed by atoms with Gasteiger partial charge in [-0.1, -0.05) is 0 Å². The first kappa shape index (κ1) is 9.68. The zero-order chi connectivity index (χ0) is 10.0. The molecule has 0 heterocycles. The van der Waals surface area contributed by atoms with Crippen LogP contribution in [-0.2, 0) is 0 Å². The van der Waals surface area contributed by atoms with E-state index in [1.54, 1.807) is 6.92 Å². The first-order valence-electron chi connectivity index (χ1n) is 3.41. The van der Waals surface area contributed by atoms with E-state index in [4.69, 9.17) is 5.26 Å². The molecular weight excluding hydrogens is 236 g/mol. The fourth-order valence-corrected chi connectivity index (χ4v) is 1.25. The highest BCUT2D eigenvalue weighted by atomic mass is 79.9. The van der Waals surface area contributed by atoms with Crippen molar-refractivity contribution < 1.29 is 4.92 Å². The summed E-state index contributed by atoms with van der Waals surface area (Å²) in [5.74, 6) is 0. The van der Waals surface area contributed by atoms with Crippen molar-refractivity contribution in [1.29, 1.82) is 5.26 Å². The summed E-state index contributed by atoms with van der Waals surface area (Å²) in [5.41, 5.74) is 0.912. The van der Waals surface area contributed by atoms with Crippen LogP contribution in [0.4, 0.5) is 5.69 Å². The van der Waals surface area contributed by atoms with E-state index < -0.39 is 4.92 Å². The maximum atomic E-state index is 10.4. The van der Waals surface area contributed by atoms with Crippen molar-refractivity contribution in [2.45, 2.75) is 6.92 Å². The predicted octanol–water partition coefficient (Wildman–Crippen LogP) is 2.54. The highest BCUT2D eigenvalue weighted by Gasteiger charge is 2.11. The van der Waals surface area contributed by atoms with Crippen LogP contribution in [0, 0.1) is 28.4 Å². The van der Waals surface area contributed by atoms with Gasteiger partial charge in [0.05, 0.1) is 10.5 Å². The molecule has 0 radical (unpaired) electrons. The molecule has 0 fully saturated rings. The number of nitriles is 1. The first-order valence-corrected chi connectivity index (χ1v) is 4.20. The van der Waals surface area contributed by atoms with Gasteiger partial charge in [-0.2, -0.15) is 5.26 Å². The summed E-state index contributed by atoms with van der Waals surface area (Å²) in [4.78, 5) is 9.90. The van der Waals surface area contributed by atoms with Gasteiger partial charge in [0, 0.05) is 16.6 Å². The van der Waals surface area contributed by atoms with Crippen molar-refractivity contribution in [3.05, 3.63) is 37.8 Å². The van der Waals surface area contributed by atoms with E-state index in [1.807, 2.05) is 6.07 Å². The summed E-state index contributed by atoms with van der Waals surface area (Å²) in [7, 11) is 0. The molecule has 1 rings (SSSR count). The van der Waals surface area contributed by atoms with Crippen molar-refractivity contribution in [1.82, 2.24) is 0 Å². The molecule has 1 aromatic rings. The first-order chi connectivity index (χ1) is 6.06. The Balaban J connectivity index is 3.41. The van der Waals surface area contributed by atoms with E-state index in [1.165, 1.54) is 12.1 Å². The number of nitro groups is 1. The Morgan fingerprint density at radius 2 is 2.23 bits per heavy atom. The minimum Gasteiger partial charge on any atom is -0.258 e. The molecule has 0 amide bonds. The molecule has 0 aliphatic heterocycles. The predicted molar refractivity (Wildman–Crippen MR) is 50.2 cm³/mol. The van der Waals surface area contributed by atoms with Gasteiger partial charge in [-0.15, -0.1) is 0 Å². The molecule has 0 aliphatic carbocycles. The fourth-order valence-electron chi connectivity index (χ4n) is 0.937. The highest BCUT2D eigenvalue weighted by Crippen LogP contribution is 2.25. The van der Waals surface area contributed by atoms with Crippen molar-refractivity contribution >= 4 is 21.6 Å². The molecule has 0 saturated heterocycles. The van der Waals surface area contributed by atoms with Crippen LogP contribution in [0.5, 0.6) is 0 Å². The highest BCUT2D eigenvalue weighted by molar-refractivity contribution is 9.10. The lowest BCUT2D eigenvalue weighted by Gasteiger charge is -1.99. The molecule has 0 spiro atoms. The molecule has 0 unspecified atom stereocenters. The molecule has 0 bridgehead atoms. The van der Waals surface area contributed by atoms with E-state index in [-0.39, 0.29) is 11.3 Å². The van der Waals surface area contributed by atoms with E-state index >= 15 is 0 Å². The second kappa shape index (κ2) is 3.54. The van der Waals surface area contributed by atoms with Gasteiger partial charge in [0.1, 0.15) is 6.07 Å². The van der Waals surface area contributed by atoms with Crippen LogP contribution in [0.15, 0.2) is 16.6 Å². The van der Waals surface area contributed by atoms with Gasteiger partial charge in [0.15, 0.2) is 0 Å². The smallest absolute Gasteiger partial charge is 0.258 e. The molecular formula is C8H5BrN2O2. The molecule has 13 heavy (non-hydrogen) atoms. The summed E-state index contributed by atoms with van der Waals surface area (Å²) in [6.45, 7) is 1.71. The average molecular weight is 241 g/mol. The van der Waals surface area contributed by atoms with Gasteiger partial charge in [-0.05, 0) is 28.4 Å². The second-order valence-electron chi connectivity index (χ2n) is 2.49. The minimum absolute atomic E-state index is 0.0581. The minimum atomic E-state index is -0.514. The third-order valence-electron chi connectivity index (χ3n) is 1.57. The number of rotatable bonds is 1. The summed E-state index contributed by atoms with van der Waals surface area (Å²) < 4.78 is 0.612. The number of nitro benzene ring substituents is 1. The summed E-state index contributed by atoms with van der Waals surface area (Å²) >= 11 is 3.18. The van der Waals surface area contributed by atoms with Crippen LogP contribution in [0.1, 0.15) is 11.1 Å². The molecule has 66 valence electrons. The third kappa shape index (κ3) is 1.84. The summed E-state index contributed by atoms with van der Waals surface area (Å²) in [6, 6.07) is 4.55. The SMILES string of the molecule is Cc1cc([N+](=O)[O-])cc(C#N)c1Br. The number of nitrogens with zero attached hydrogens (tertiary/aromatic N) is 2. The fraction of sp³-hybridized carbons (Fsp3) is 0.125. The molecule has 0 aliphatic rings. The van der Waals surface area contributed by atoms with Crippen molar-refractivity contribution in [3.8, 4) is 6.07 Å². The normalized spacial score (nSPS) is 9.31. The standard InChI is InChI=1S/C8H5BrN2O2/c1-5-2-7(11(12)13)3-6(4-10)8(5)9/h2-3H,1H3. The largest absolute Gasteiger partial charge is 0.271 e. The molecule has 0 saturated carbocycles. The maximum Gasteiger partial charge on any atom is 0.271 e. The van der Waals surface area contributed by atoms with E-state index in [0.29, 0.717) is 10.0 Å². The maximum absolute atomic E-state index is 10.4. The molecule has 0 atom stereocenters. The monoisotopic (exact) mass is 240 g/mol. The van der Waals surface area contributed by atoms with E-state index in [0.717, 1.165) is 0 Å². The number of aryl methyl sites for hydroxylation is 1. The van der Waals surface area contributed by atoms with Crippen LogP contribution in [0.25, 0.3) is 0 Å². The quantitative estimate of drug-likeness (QED) is 0.560. The van der Waals surface area contributed by atoms with Gasteiger partial charge in [0.25, 0.3) is 5.69 Å². The molecule has 5 heteroatoms. The van der Waals surface area contributed by atoms with Crippen LogP contribution >= 0.6 is 15.9 Å². The van der Waals surface area contributed by atoms with Crippen molar-refractivity contribution in [2.75, 3.05) is 0 Å². The second-order valence-corrected chi connectivity index (χ2v) is 3.29. The number of hydrogen-bond acceptors (Lipinski definition) is 3. The Bertz CT molecular complexity index is 409. The lowest BCUT2D eigenvalue weighted by atomic mass is 10.1. The van der Waals surface area contributed by atoms with Crippen LogP contribution in [0.3, 0.4) is 0 Å². The Morgan fingerprint density at radius 1 is 1.62 bits per heavy atom. The Hall–Kier alpha value is -1.41. The summed E-state index contributed by atoms with van der Waals surface area (Å²) in [6.07, 6.45) is 0. The zero-order valence-corrected chi connectivity index (χ0v) is 8.33. The van der Waals surface area contributed by atoms with Crippen LogP contribution in [-0.4, -0.2) is 4.92 Å². The zero-order valence-electron chi connectivity index (χ0n) is 6.74. The molecule has 0 aromatic heterocycles. The molecule has 4 nitrogen and oxygen atoms in total. The van der Waals surface area contributed by atoms with Crippen molar-refractivity contribution in [2.24, 2.45) is 0 Å². The van der Waals surface area contributed by atoms with Crippen molar-refractivity contribution in [3.63, 3.8) is 0 Å². The number of non-ortho nitro benzene ring substituents is 1. The molecule has 1 aromatic carbocycles. The number of benzene rings is 1. The third-order valence-corrected chi connectivity index (χ3v) is 2.62. The van der Waals surface area contributed by atoms with Crippen LogP contribution in [0.2, 0.25) is 0 Å². The Labute approximate surface area is 83.1 Å². The average Bonchev–Trinajstić information content (AvgIpc) is 2.09. The summed E-state index contributed by atoms with van der Waals surface area (Å²) in [5, 5.41) is 19.1. The lowest BCUT2D eigenvalue weighted by Crippen LogP contribution is -1.91. The van der Waals surface area contributed by atoms with E-state index in [9.17, 15) is 10.1 Å². The van der Waals surface area contributed by atoms with Crippen LogP contribution < -0.4 is 0 Å². The number of halogens is 1. The number of hydrogen-bond donors (Lipinski definition) is 0. The Morgan fingerprint density at radius 3 is 2.69 bits per heavy atom. The van der Waals surface area contributed by atoms with Gasteiger partial charge >= 0.3 is 0 Å². The van der Waals surface area contributed by atoms with Gasteiger partial charge in [-0.25, -0.2) is 0 Å². The Kier molecular flexibility index (Phi) is 2.63. The van der Waals surface area contributed by atoms with E-state index in [2.05, 4.69) is 15.9 Å². The molecule has 0 N–H and O–H groups in total. The topological polar surface area (TPSA) is 66.9 Å². The van der Waals surface area contributed by atoms with Gasteiger partial charge in [-0.3, -0.25) is 10.1 Å². The lowest BCUT2D eigenvalue weighted by molar-refractivity contribution is -0.384.